The fourth-order valence-electron chi connectivity index (χ4n) is 2.30. The van der Waals surface area contributed by atoms with Gasteiger partial charge in [-0.25, -0.2) is 0 Å². The number of hydrogen-bond acceptors (Lipinski definition) is 3. The predicted octanol–water partition coefficient (Wildman–Crippen LogP) is 2.28. The topological polar surface area (TPSA) is 41.6 Å². The molecule has 0 radical (unpaired) electrons. The average molecular weight is 283 g/mol. The van der Waals surface area contributed by atoms with Gasteiger partial charge < -0.3 is 10.1 Å². The Kier molecular flexibility index (Phi) is 4.66. The van der Waals surface area contributed by atoms with Crippen LogP contribution < -0.4 is 10.1 Å². The van der Waals surface area contributed by atoms with Gasteiger partial charge in [0.05, 0.1) is 0 Å². The van der Waals surface area contributed by atoms with Crippen molar-refractivity contribution in [1.29, 1.82) is 0 Å². The lowest BCUT2D eigenvalue weighted by molar-refractivity contribution is -0.120. The molecule has 104 valence electrons. The molecule has 1 aromatic carbocycles. The minimum atomic E-state index is -0.0379. The molecule has 0 aliphatic carbocycles. The number of likely N-dealkylation sites (tertiary alicyclic amines) is 1. The van der Waals surface area contributed by atoms with Crippen LogP contribution in [0, 0.1) is 0 Å². The second kappa shape index (κ2) is 6.26. The molecule has 1 aliphatic heterocycles. The van der Waals surface area contributed by atoms with E-state index in [9.17, 15) is 4.79 Å². The van der Waals surface area contributed by atoms with Crippen LogP contribution in [0.2, 0.25) is 5.02 Å². The zero-order valence-electron chi connectivity index (χ0n) is 11.2. The molecule has 1 fully saturated rings. The molecule has 0 bridgehead atoms. The maximum absolute atomic E-state index is 11.1. The van der Waals surface area contributed by atoms with Crippen molar-refractivity contribution in [3.63, 3.8) is 0 Å². The molecule has 19 heavy (non-hydrogen) atoms. The monoisotopic (exact) mass is 282 g/mol. The zero-order chi connectivity index (χ0) is 13.8. The molecule has 0 saturated carbocycles. The number of halogens is 1. The van der Waals surface area contributed by atoms with Crippen molar-refractivity contribution >= 4 is 17.5 Å². The first-order valence-electron chi connectivity index (χ1n) is 6.44. The first-order chi connectivity index (χ1) is 9.04. The second-order valence-corrected chi connectivity index (χ2v) is 5.37. The van der Waals surface area contributed by atoms with Crippen LogP contribution in [0.15, 0.2) is 24.3 Å². The summed E-state index contributed by atoms with van der Waals surface area (Å²) in [7, 11) is 2.03. The molecule has 1 amide bonds. The van der Waals surface area contributed by atoms with E-state index in [0.29, 0.717) is 5.02 Å². The van der Waals surface area contributed by atoms with Gasteiger partial charge >= 0.3 is 0 Å². The van der Waals surface area contributed by atoms with E-state index < -0.39 is 0 Å². The summed E-state index contributed by atoms with van der Waals surface area (Å²) in [4.78, 5) is 13.3. The first-order valence-corrected chi connectivity index (χ1v) is 6.82. The molecule has 1 saturated heterocycles. The number of amides is 1. The number of nitrogens with zero attached hydrogens (tertiary/aromatic N) is 1. The van der Waals surface area contributed by atoms with Crippen molar-refractivity contribution in [1.82, 2.24) is 10.2 Å². The van der Waals surface area contributed by atoms with E-state index in [2.05, 4.69) is 10.2 Å². The number of hydrogen-bond donors (Lipinski definition) is 1. The average Bonchev–Trinajstić information content (AvgIpc) is 2.33. The molecule has 1 aliphatic rings. The highest BCUT2D eigenvalue weighted by Crippen LogP contribution is 2.23. The van der Waals surface area contributed by atoms with Crippen LogP contribution in [0.5, 0.6) is 5.75 Å². The van der Waals surface area contributed by atoms with E-state index in [1.165, 1.54) is 0 Å². The summed E-state index contributed by atoms with van der Waals surface area (Å²) >= 11 is 5.95. The Bertz CT molecular complexity index is 453. The number of piperidine rings is 1. The maximum atomic E-state index is 11.1. The zero-order valence-corrected chi connectivity index (χ0v) is 12.0. The highest BCUT2D eigenvalue weighted by atomic mass is 35.5. The van der Waals surface area contributed by atoms with Crippen LogP contribution in [-0.2, 0) is 4.79 Å². The van der Waals surface area contributed by atoms with E-state index in [1.54, 1.807) is 13.0 Å². The fraction of sp³-hybridized carbons (Fsp3) is 0.500. The number of carbonyl (C=O) groups is 1. The molecule has 1 N–H and O–H groups in total. The third-order valence-electron chi connectivity index (χ3n) is 3.28. The lowest BCUT2D eigenvalue weighted by Gasteiger charge is -2.37. The van der Waals surface area contributed by atoms with Crippen molar-refractivity contribution in [2.75, 3.05) is 13.6 Å². The first kappa shape index (κ1) is 14.2. The van der Waals surface area contributed by atoms with Gasteiger partial charge in [-0.05, 0) is 31.7 Å². The number of nitrogens with one attached hydrogen (secondary N) is 1. The fourth-order valence-corrected chi connectivity index (χ4v) is 2.48. The van der Waals surface area contributed by atoms with E-state index in [0.717, 1.165) is 25.1 Å². The van der Waals surface area contributed by atoms with E-state index in [-0.39, 0.29) is 18.2 Å². The van der Waals surface area contributed by atoms with Gasteiger partial charge in [0.15, 0.2) is 6.23 Å². The highest BCUT2D eigenvalue weighted by Gasteiger charge is 2.27. The Balaban J connectivity index is 1.99. The maximum Gasteiger partial charge on any atom is 0.217 e. The Morgan fingerprint density at radius 3 is 3.00 bits per heavy atom. The normalized spacial score (nSPS) is 23.9. The molecule has 1 heterocycles. The summed E-state index contributed by atoms with van der Waals surface area (Å²) in [6.45, 7) is 2.45. The smallest absolute Gasteiger partial charge is 0.217 e. The minimum Gasteiger partial charge on any atom is -0.475 e. The van der Waals surface area contributed by atoms with Crippen molar-refractivity contribution in [3.8, 4) is 5.75 Å². The largest absolute Gasteiger partial charge is 0.475 e. The molecule has 0 spiro atoms. The lowest BCUT2D eigenvalue weighted by atomic mass is 10.0. The molecule has 5 heteroatoms. The van der Waals surface area contributed by atoms with Crippen molar-refractivity contribution in [2.24, 2.45) is 0 Å². The van der Waals surface area contributed by atoms with Gasteiger partial charge in [0.25, 0.3) is 0 Å². The Morgan fingerprint density at radius 1 is 1.53 bits per heavy atom. The minimum absolute atomic E-state index is 0.0102. The van der Waals surface area contributed by atoms with Crippen LogP contribution >= 0.6 is 11.6 Å². The van der Waals surface area contributed by atoms with Gasteiger partial charge in [-0.15, -0.1) is 0 Å². The van der Waals surface area contributed by atoms with E-state index in [4.69, 9.17) is 16.3 Å². The summed E-state index contributed by atoms with van der Waals surface area (Å²) in [5, 5.41) is 3.62. The van der Waals surface area contributed by atoms with Crippen molar-refractivity contribution in [3.05, 3.63) is 29.3 Å². The van der Waals surface area contributed by atoms with Crippen molar-refractivity contribution < 1.29 is 9.53 Å². The van der Waals surface area contributed by atoms with Crippen LogP contribution in [-0.4, -0.2) is 36.7 Å². The standard InChI is InChI=1S/C14H19ClN2O2/c1-10(18)16-12-6-7-17(2)14(9-12)19-13-5-3-4-11(15)8-13/h3-5,8,12,14H,6-7,9H2,1-2H3,(H,16,18). The van der Waals surface area contributed by atoms with Crippen molar-refractivity contribution in [2.45, 2.75) is 32.0 Å². The molecule has 2 unspecified atom stereocenters. The molecule has 0 aromatic heterocycles. The Morgan fingerprint density at radius 2 is 2.32 bits per heavy atom. The van der Waals surface area contributed by atoms with E-state index in [1.807, 2.05) is 25.2 Å². The van der Waals surface area contributed by atoms with Crippen LogP contribution in [0.1, 0.15) is 19.8 Å². The molecule has 4 nitrogen and oxygen atoms in total. The third-order valence-corrected chi connectivity index (χ3v) is 3.52. The SMILES string of the molecule is CC(=O)NC1CCN(C)C(Oc2cccc(Cl)c2)C1. The van der Waals surface area contributed by atoms with E-state index >= 15 is 0 Å². The highest BCUT2D eigenvalue weighted by molar-refractivity contribution is 6.30. The lowest BCUT2D eigenvalue weighted by Crippen LogP contribution is -2.50. The predicted molar refractivity (Wildman–Crippen MR) is 75.3 cm³/mol. The Hall–Kier alpha value is -1.26. The summed E-state index contributed by atoms with van der Waals surface area (Å²) < 4.78 is 5.95. The van der Waals surface area contributed by atoms with Gasteiger partial charge in [0.2, 0.25) is 5.91 Å². The summed E-state index contributed by atoms with van der Waals surface area (Å²) in [6.07, 6.45) is 1.69. The Labute approximate surface area is 118 Å². The number of carbonyl (C=O) groups excluding carboxylic acids is 1. The molecule has 2 atom stereocenters. The summed E-state index contributed by atoms with van der Waals surface area (Å²) in [5.41, 5.74) is 0. The number of ether oxygens (including phenoxy) is 1. The van der Waals surface area contributed by atoms with Gasteiger partial charge in [0, 0.05) is 31.0 Å². The van der Waals surface area contributed by atoms with Gasteiger partial charge in [-0.3, -0.25) is 9.69 Å². The third kappa shape index (κ3) is 4.11. The van der Waals surface area contributed by atoms with Gasteiger partial charge in [0.1, 0.15) is 5.75 Å². The number of benzene rings is 1. The van der Waals surface area contributed by atoms with Crippen LogP contribution in [0.4, 0.5) is 0 Å². The summed E-state index contributed by atoms with van der Waals surface area (Å²) in [6, 6.07) is 7.56. The van der Waals surface area contributed by atoms with Crippen LogP contribution in [0.25, 0.3) is 0 Å². The molecular formula is C14H19ClN2O2. The number of rotatable bonds is 3. The quantitative estimate of drug-likeness (QED) is 0.925. The molecule has 1 aromatic rings. The molecule has 2 rings (SSSR count). The summed E-state index contributed by atoms with van der Waals surface area (Å²) in [5.74, 6) is 0.767. The molecular weight excluding hydrogens is 264 g/mol. The van der Waals surface area contributed by atoms with Crippen LogP contribution in [0.3, 0.4) is 0 Å². The second-order valence-electron chi connectivity index (χ2n) is 4.93. The van der Waals surface area contributed by atoms with Gasteiger partial charge in [-0.2, -0.15) is 0 Å². The van der Waals surface area contributed by atoms with Gasteiger partial charge in [-0.1, -0.05) is 17.7 Å².